The van der Waals surface area contributed by atoms with Gasteiger partial charge in [-0.3, -0.25) is 0 Å². The van der Waals surface area contributed by atoms with Gasteiger partial charge < -0.3 is 10.1 Å². The van der Waals surface area contributed by atoms with E-state index in [9.17, 15) is 0 Å². The van der Waals surface area contributed by atoms with Crippen molar-refractivity contribution >= 4 is 34.8 Å². The van der Waals surface area contributed by atoms with Gasteiger partial charge in [0.1, 0.15) is 11.5 Å². The van der Waals surface area contributed by atoms with Crippen LogP contribution >= 0.6 is 34.8 Å². The van der Waals surface area contributed by atoms with Crippen molar-refractivity contribution < 1.29 is 4.74 Å². The molecule has 0 bridgehead atoms. The molecule has 0 unspecified atom stereocenters. The SMILES string of the molecule is CCNCc1ccc(Oc2cc(Cl)c(Cl)cc2Cl)cc1C. The molecular formula is C16H16Cl3NO. The average Bonchev–Trinajstić information content (AvgIpc) is 2.44. The van der Waals surface area contributed by atoms with E-state index in [1.165, 1.54) is 5.56 Å². The first-order chi connectivity index (χ1) is 10.0. The van der Waals surface area contributed by atoms with Crippen molar-refractivity contribution in [3.8, 4) is 11.5 Å². The summed E-state index contributed by atoms with van der Waals surface area (Å²) in [6.45, 7) is 5.92. The van der Waals surface area contributed by atoms with E-state index in [2.05, 4.69) is 19.2 Å². The number of aryl methyl sites for hydroxylation is 1. The van der Waals surface area contributed by atoms with Gasteiger partial charge in [0, 0.05) is 12.6 Å². The number of nitrogens with one attached hydrogen (secondary N) is 1. The summed E-state index contributed by atoms with van der Waals surface area (Å²) in [5.41, 5.74) is 2.40. The van der Waals surface area contributed by atoms with Crippen LogP contribution in [0.2, 0.25) is 15.1 Å². The molecule has 0 heterocycles. The van der Waals surface area contributed by atoms with Crippen LogP contribution in [-0.4, -0.2) is 6.54 Å². The Labute approximate surface area is 140 Å². The Hall–Kier alpha value is -0.930. The van der Waals surface area contributed by atoms with E-state index in [1.807, 2.05) is 18.2 Å². The van der Waals surface area contributed by atoms with Gasteiger partial charge in [0.2, 0.25) is 0 Å². The van der Waals surface area contributed by atoms with Crippen molar-refractivity contribution in [1.82, 2.24) is 5.32 Å². The van der Waals surface area contributed by atoms with Gasteiger partial charge in [0.25, 0.3) is 0 Å². The lowest BCUT2D eigenvalue weighted by molar-refractivity contribution is 0.482. The minimum absolute atomic E-state index is 0.409. The fourth-order valence-corrected chi connectivity index (χ4v) is 2.47. The Kier molecular flexibility index (Phi) is 5.77. The van der Waals surface area contributed by atoms with E-state index < -0.39 is 0 Å². The molecular weight excluding hydrogens is 329 g/mol. The normalized spacial score (nSPS) is 10.7. The highest BCUT2D eigenvalue weighted by Crippen LogP contribution is 2.36. The first kappa shape index (κ1) is 16.4. The third-order valence-electron chi connectivity index (χ3n) is 3.08. The van der Waals surface area contributed by atoms with Crippen LogP contribution in [0.5, 0.6) is 11.5 Å². The number of halogens is 3. The fourth-order valence-electron chi connectivity index (χ4n) is 1.90. The summed E-state index contributed by atoms with van der Waals surface area (Å²) in [6, 6.07) is 9.13. The molecule has 2 nitrogen and oxygen atoms in total. The standard InChI is InChI=1S/C16H16Cl3NO/c1-3-20-9-11-4-5-12(6-10(11)2)21-16-8-14(18)13(17)7-15(16)19/h4-8,20H,3,9H2,1-2H3. The van der Waals surface area contributed by atoms with Crippen molar-refractivity contribution in [3.63, 3.8) is 0 Å². The number of ether oxygens (including phenoxy) is 1. The van der Waals surface area contributed by atoms with E-state index >= 15 is 0 Å². The quantitative estimate of drug-likeness (QED) is 0.686. The van der Waals surface area contributed by atoms with Gasteiger partial charge in [-0.25, -0.2) is 0 Å². The van der Waals surface area contributed by atoms with Crippen LogP contribution in [-0.2, 0) is 6.54 Å². The molecule has 2 aromatic carbocycles. The van der Waals surface area contributed by atoms with Gasteiger partial charge in [0.15, 0.2) is 0 Å². The van der Waals surface area contributed by atoms with Crippen LogP contribution in [0.3, 0.4) is 0 Å². The summed E-state index contributed by atoms with van der Waals surface area (Å²) in [5, 5.41) is 4.55. The molecule has 1 N–H and O–H groups in total. The van der Waals surface area contributed by atoms with Crippen molar-refractivity contribution in [3.05, 3.63) is 56.5 Å². The Bertz CT molecular complexity index is 644. The summed E-state index contributed by atoms with van der Waals surface area (Å²) >= 11 is 18.0. The van der Waals surface area contributed by atoms with E-state index in [1.54, 1.807) is 12.1 Å². The van der Waals surface area contributed by atoms with Gasteiger partial charge in [-0.05, 0) is 42.8 Å². The molecule has 2 aromatic rings. The van der Waals surface area contributed by atoms with Crippen LogP contribution in [0, 0.1) is 6.92 Å². The molecule has 0 saturated heterocycles. The highest BCUT2D eigenvalue weighted by atomic mass is 35.5. The Morgan fingerprint density at radius 1 is 1.00 bits per heavy atom. The van der Waals surface area contributed by atoms with E-state index in [-0.39, 0.29) is 0 Å². The predicted molar refractivity (Wildman–Crippen MR) is 90.1 cm³/mol. The molecule has 0 saturated carbocycles. The number of benzene rings is 2. The maximum atomic E-state index is 6.11. The average molecular weight is 345 g/mol. The minimum Gasteiger partial charge on any atom is -0.456 e. The zero-order valence-electron chi connectivity index (χ0n) is 11.8. The fraction of sp³-hybridized carbons (Fsp3) is 0.250. The maximum absolute atomic E-state index is 6.11. The highest BCUT2D eigenvalue weighted by Gasteiger charge is 2.09. The maximum Gasteiger partial charge on any atom is 0.147 e. The molecule has 0 aliphatic rings. The van der Waals surface area contributed by atoms with Gasteiger partial charge in [-0.15, -0.1) is 0 Å². The molecule has 0 atom stereocenters. The van der Waals surface area contributed by atoms with Crippen LogP contribution in [0.4, 0.5) is 0 Å². The third kappa shape index (κ3) is 4.27. The second-order valence-corrected chi connectivity index (χ2v) is 5.89. The van der Waals surface area contributed by atoms with E-state index in [0.717, 1.165) is 18.7 Å². The topological polar surface area (TPSA) is 21.3 Å². The predicted octanol–water partition coefficient (Wildman–Crippen LogP) is 5.86. The second kappa shape index (κ2) is 7.37. The van der Waals surface area contributed by atoms with Crippen molar-refractivity contribution in [2.75, 3.05) is 6.54 Å². The minimum atomic E-state index is 0.409. The van der Waals surface area contributed by atoms with Crippen molar-refractivity contribution in [2.24, 2.45) is 0 Å². The number of hydrogen-bond donors (Lipinski definition) is 1. The van der Waals surface area contributed by atoms with Gasteiger partial charge >= 0.3 is 0 Å². The van der Waals surface area contributed by atoms with Crippen LogP contribution in [0.1, 0.15) is 18.1 Å². The van der Waals surface area contributed by atoms with Crippen molar-refractivity contribution in [1.29, 1.82) is 0 Å². The molecule has 0 fully saturated rings. The van der Waals surface area contributed by atoms with Crippen LogP contribution in [0.25, 0.3) is 0 Å². The Morgan fingerprint density at radius 2 is 1.71 bits per heavy atom. The molecule has 0 aliphatic carbocycles. The Morgan fingerprint density at radius 3 is 2.38 bits per heavy atom. The molecule has 0 spiro atoms. The molecule has 112 valence electrons. The zero-order valence-corrected chi connectivity index (χ0v) is 14.1. The number of hydrogen-bond acceptors (Lipinski definition) is 2. The van der Waals surface area contributed by atoms with E-state index in [4.69, 9.17) is 39.5 Å². The highest BCUT2D eigenvalue weighted by molar-refractivity contribution is 6.43. The smallest absolute Gasteiger partial charge is 0.147 e. The molecule has 0 aliphatic heterocycles. The largest absolute Gasteiger partial charge is 0.456 e. The molecule has 0 amide bonds. The first-order valence-electron chi connectivity index (χ1n) is 6.64. The summed E-state index contributed by atoms with van der Waals surface area (Å²) in [5.74, 6) is 1.21. The molecule has 5 heteroatoms. The van der Waals surface area contributed by atoms with Gasteiger partial charge in [-0.2, -0.15) is 0 Å². The Balaban J connectivity index is 2.20. The first-order valence-corrected chi connectivity index (χ1v) is 7.77. The lowest BCUT2D eigenvalue weighted by atomic mass is 10.1. The molecule has 0 radical (unpaired) electrons. The lowest BCUT2D eigenvalue weighted by Gasteiger charge is -2.12. The number of rotatable bonds is 5. The summed E-state index contributed by atoms with van der Waals surface area (Å²) in [7, 11) is 0. The molecule has 2 rings (SSSR count). The van der Waals surface area contributed by atoms with Gasteiger partial charge in [0.05, 0.1) is 15.1 Å². The van der Waals surface area contributed by atoms with Crippen LogP contribution in [0.15, 0.2) is 30.3 Å². The second-order valence-electron chi connectivity index (χ2n) is 4.67. The van der Waals surface area contributed by atoms with E-state index in [0.29, 0.717) is 26.6 Å². The molecule has 21 heavy (non-hydrogen) atoms. The lowest BCUT2D eigenvalue weighted by Crippen LogP contribution is -2.12. The summed E-state index contributed by atoms with van der Waals surface area (Å²) in [4.78, 5) is 0. The van der Waals surface area contributed by atoms with Gasteiger partial charge in [-0.1, -0.05) is 47.8 Å². The monoisotopic (exact) mass is 343 g/mol. The zero-order chi connectivity index (χ0) is 15.4. The van der Waals surface area contributed by atoms with Crippen molar-refractivity contribution in [2.45, 2.75) is 20.4 Å². The summed E-state index contributed by atoms with van der Waals surface area (Å²) in [6.07, 6.45) is 0. The molecule has 0 aromatic heterocycles. The summed E-state index contributed by atoms with van der Waals surface area (Å²) < 4.78 is 5.79. The van der Waals surface area contributed by atoms with Crippen LogP contribution < -0.4 is 10.1 Å². The third-order valence-corrected chi connectivity index (χ3v) is 4.10.